The average molecular weight is 1330 g/mol. The van der Waals surface area contributed by atoms with Crippen LogP contribution in [0.1, 0.15) is 90.2 Å². The molecule has 8 atom stereocenters. The van der Waals surface area contributed by atoms with Crippen molar-refractivity contribution >= 4 is 89.1 Å². The minimum absolute atomic E-state index is 0.000772. The lowest BCUT2D eigenvalue weighted by Crippen LogP contribution is -2.42. The van der Waals surface area contributed by atoms with Crippen molar-refractivity contribution in [3.8, 4) is 0 Å². The number of carbonyl (C=O) groups is 2. The third-order valence-electron chi connectivity index (χ3n) is 14.7. The largest absolute Gasteiger partial charge is 0.390 e. The summed E-state index contributed by atoms with van der Waals surface area (Å²) < 4.78 is 165. The Morgan fingerprint density at radius 2 is 1.54 bits per heavy atom. The molecule has 0 aliphatic carbocycles. The van der Waals surface area contributed by atoms with Gasteiger partial charge in [-0.15, -0.1) is 0 Å². The molecule has 2 aromatic rings. The first kappa shape index (κ1) is 70.0. The van der Waals surface area contributed by atoms with Crippen LogP contribution in [0.2, 0.25) is 0 Å². The highest BCUT2D eigenvalue weighted by Gasteiger charge is 2.47. The topological polar surface area (TPSA) is 431 Å². The average Bonchev–Trinajstić information content (AvgIpc) is 1.81. The van der Waals surface area contributed by atoms with Crippen molar-refractivity contribution in [2.75, 3.05) is 66.9 Å². The SMILES string of the molecule is C=C1NC(=O)C(C)=CN1[C@H]1CC(O)[C@@H](COP(=O)(O)CP(=O)(O)CP(=O)(O)CP(=O)(O)NCCNC(=O)CCCCCC2(C)/C(=C\C=C\C3=[N+](CCCS(=O)(=O)O)c4ccc(S(=O)(=O)O)cc4C3(C)C)N(CCCS(=O)(=O)O)c3ccccc32)O1. The van der Waals surface area contributed by atoms with Gasteiger partial charge in [-0.1, -0.05) is 43.7 Å². The fourth-order valence-corrected chi connectivity index (χ4v) is 23.6. The number of nitrogens with zero attached hydrogens (tertiary/aromatic N) is 3. The van der Waals surface area contributed by atoms with Gasteiger partial charge < -0.3 is 54.4 Å². The van der Waals surface area contributed by atoms with Crippen molar-refractivity contribution in [1.29, 1.82) is 0 Å². The molecule has 4 aliphatic rings. The number of hydrogen-bond donors (Lipinski definition) is 11. The molecule has 0 spiro atoms. The van der Waals surface area contributed by atoms with E-state index in [1.807, 2.05) is 60.6 Å². The number of nitrogens with one attached hydrogen (secondary N) is 3. The van der Waals surface area contributed by atoms with Crippen LogP contribution in [0.3, 0.4) is 0 Å². The Hall–Kier alpha value is -4.06. The number of anilines is 1. The van der Waals surface area contributed by atoms with Crippen LogP contribution < -0.4 is 20.6 Å². The van der Waals surface area contributed by atoms with E-state index in [1.165, 1.54) is 36.2 Å². The molecule has 0 radical (unpaired) electrons. The lowest BCUT2D eigenvalue weighted by molar-refractivity contribution is -0.437. The Morgan fingerprint density at radius 1 is 0.882 bits per heavy atom. The van der Waals surface area contributed by atoms with Gasteiger partial charge in [0.25, 0.3) is 43.8 Å². The maximum absolute atomic E-state index is 13.0. The van der Waals surface area contributed by atoms with E-state index in [9.17, 15) is 91.4 Å². The molecule has 85 heavy (non-hydrogen) atoms. The monoisotopic (exact) mass is 1330 g/mol. The summed E-state index contributed by atoms with van der Waals surface area (Å²) in [5.74, 6) is -6.16. The number of fused-ring (bicyclic) bond motifs is 2. The van der Waals surface area contributed by atoms with Crippen LogP contribution in [0.15, 0.2) is 95.5 Å². The highest BCUT2D eigenvalue weighted by atomic mass is 32.2. The first-order valence-electron chi connectivity index (χ1n) is 26.8. The molecule has 6 unspecified atom stereocenters. The first-order chi connectivity index (χ1) is 39.1. The van der Waals surface area contributed by atoms with Gasteiger partial charge in [0.1, 0.15) is 42.4 Å². The molecule has 0 bridgehead atoms. The van der Waals surface area contributed by atoms with Gasteiger partial charge >= 0.3 is 7.60 Å². The Labute approximate surface area is 494 Å². The molecule has 1 saturated heterocycles. The number of benzene rings is 2. The van der Waals surface area contributed by atoms with Crippen molar-refractivity contribution in [2.24, 2.45) is 0 Å². The number of hydrogen-bond acceptors (Lipinski definition) is 17. The van der Waals surface area contributed by atoms with Crippen LogP contribution in [-0.2, 0) is 78.3 Å². The summed E-state index contributed by atoms with van der Waals surface area (Å²) in [5, 5.41) is 17.8. The summed E-state index contributed by atoms with van der Waals surface area (Å²) in [6, 6.07) is 11.6. The van der Waals surface area contributed by atoms with Crippen LogP contribution in [0.5, 0.6) is 0 Å². The van der Waals surface area contributed by atoms with E-state index < -0.39 is 137 Å². The Kier molecular flexibility index (Phi) is 22.5. The fraction of sp³-hybridized carbons (Fsp3) is 0.540. The number of aliphatic hydroxyl groups excluding tert-OH is 1. The van der Waals surface area contributed by atoms with Crippen LogP contribution in [0, 0.1) is 0 Å². The van der Waals surface area contributed by atoms with Crippen LogP contribution in [-0.4, -0.2) is 171 Å². The van der Waals surface area contributed by atoms with Crippen molar-refractivity contribution < 1.29 is 105 Å². The summed E-state index contributed by atoms with van der Waals surface area (Å²) in [7, 11) is -32.9. The lowest BCUT2D eigenvalue weighted by Gasteiger charge is -2.32. The molecule has 1 fully saturated rings. The summed E-state index contributed by atoms with van der Waals surface area (Å²) in [6.45, 7) is 9.91. The van der Waals surface area contributed by atoms with E-state index in [-0.39, 0.29) is 62.6 Å². The molecule has 6 rings (SSSR count). The Morgan fingerprint density at radius 3 is 2.21 bits per heavy atom. The third kappa shape index (κ3) is 19.2. The minimum atomic E-state index is -5.01. The molecule has 0 aromatic heterocycles. The van der Waals surface area contributed by atoms with Crippen molar-refractivity contribution in [1.82, 2.24) is 20.6 Å². The second kappa shape index (κ2) is 27.4. The van der Waals surface area contributed by atoms with Gasteiger partial charge in [-0.2, -0.15) is 29.8 Å². The molecule has 28 nitrogen and oxygen atoms in total. The van der Waals surface area contributed by atoms with Gasteiger partial charge in [0, 0.05) is 85.2 Å². The van der Waals surface area contributed by atoms with E-state index in [0.717, 1.165) is 16.9 Å². The second-order valence-electron chi connectivity index (χ2n) is 22.1. The quantitative estimate of drug-likeness (QED) is 0.0208. The molecule has 474 valence electrons. The van der Waals surface area contributed by atoms with E-state index in [4.69, 9.17) is 9.26 Å². The summed E-state index contributed by atoms with van der Waals surface area (Å²) in [5.41, 5.74) is 2.87. The molecule has 2 amide bonds. The van der Waals surface area contributed by atoms with E-state index >= 15 is 0 Å². The predicted octanol–water partition coefficient (Wildman–Crippen LogP) is 4.82. The number of carbonyl (C=O) groups excluding carboxylic acids is 2. The number of unbranched alkanes of at least 4 members (excludes halogenated alkanes) is 2. The molecule has 4 heterocycles. The number of ether oxygens (including phenoxy) is 1. The molecule has 35 heteroatoms. The van der Waals surface area contributed by atoms with Crippen molar-refractivity contribution in [2.45, 2.75) is 113 Å². The molecule has 2 aromatic carbocycles. The highest BCUT2D eigenvalue weighted by Crippen LogP contribution is 2.67. The number of para-hydroxylation sites is 1. The van der Waals surface area contributed by atoms with Gasteiger partial charge in [-0.05, 0) is 76.8 Å². The van der Waals surface area contributed by atoms with E-state index in [2.05, 4.69) is 22.3 Å². The summed E-state index contributed by atoms with van der Waals surface area (Å²) in [6.07, 6.45) is 5.64. The second-order valence-corrected chi connectivity index (χ2v) is 36.7. The normalized spacial score (nSPS) is 24.2. The van der Waals surface area contributed by atoms with Gasteiger partial charge in [0.2, 0.25) is 26.3 Å². The number of aliphatic hydroxyl groups is 1. The third-order valence-corrected chi connectivity index (χ3v) is 28.5. The van der Waals surface area contributed by atoms with Crippen LogP contribution >= 0.6 is 29.9 Å². The zero-order chi connectivity index (χ0) is 63.4. The standard InChI is InChI=1S/C50H74N6O22P4S3/c1-35-30-56(36(2)53-48(35)59)47-29-42(57)43(78-47)31-77-82(66,67)34-80(62,63)32-79(60,61)33-81(64,65)52-23-22-51-46(58)18-7-6-10-21-50(5)38-14-8-9-15-40(38)55(25-13-27-84(71,72)73)45(50)17-11-16-44-49(3,4)39-28-37(85(74,75)76)19-20-41(39)54(44)24-12-26-83(68,69)70/h8-9,11,14-17,19-20,28,30,42-43,47,57H,2,6-7,10,12-13,18,21-27,29,31-34H2,1,3-5H3,(H9-,51,52,53,58,59,60,61,62,63,64,65,66,67,68,69,70,71,72,73,74,75,76)/p+1/t42?,43-,47-,50?/m1/s1. The maximum Gasteiger partial charge on any atom is 0.337 e. The van der Waals surface area contributed by atoms with Gasteiger partial charge in [0.05, 0.1) is 34.5 Å². The number of allylic oxidation sites excluding steroid dienone is 4. The van der Waals surface area contributed by atoms with E-state index in [0.29, 0.717) is 48.2 Å². The first-order valence-corrected chi connectivity index (χ1v) is 39.1. The van der Waals surface area contributed by atoms with Gasteiger partial charge in [-0.3, -0.25) is 41.5 Å². The number of amides is 2. The van der Waals surface area contributed by atoms with Crippen LogP contribution in [0.25, 0.3) is 0 Å². The zero-order valence-electron chi connectivity index (χ0n) is 47.2. The minimum Gasteiger partial charge on any atom is -0.390 e. The van der Waals surface area contributed by atoms with Crippen LogP contribution in [0.4, 0.5) is 11.4 Å². The molecular formula is C50H75N6O22P4S3+. The molecule has 11 N–H and O–H groups in total. The molecular weight excluding hydrogens is 1260 g/mol. The predicted molar refractivity (Wildman–Crippen MR) is 316 cm³/mol. The smallest absolute Gasteiger partial charge is 0.337 e. The fourth-order valence-electron chi connectivity index (χ4n) is 10.8. The van der Waals surface area contributed by atoms with Gasteiger partial charge in [-0.25, -0.2) is 5.09 Å². The summed E-state index contributed by atoms with van der Waals surface area (Å²) in [4.78, 5) is 69.8. The van der Waals surface area contributed by atoms with E-state index in [1.54, 1.807) is 12.2 Å². The highest BCUT2D eigenvalue weighted by molar-refractivity contribution is 7.86. The zero-order valence-corrected chi connectivity index (χ0v) is 53.2. The lowest BCUT2D eigenvalue weighted by atomic mass is 9.77. The Balaban J connectivity index is 1.02. The maximum atomic E-state index is 13.0. The molecule has 4 aliphatic heterocycles. The summed E-state index contributed by atoms with van der Waals surface area (Å²) >= 11 is 0. The van der Waals surface area contributed by atoms with Crippen molar-refractivity contribution in [3.63, 3.8) is 0 Å². The van der Waals surface area contributed by atoms with Gasteiger partial charge in [0.15, 0.2) is 5.71 Å². The Bertz CT molecular complexity index is 3600. The van der Waals surface area contributed by atoms with Crippen molar-refractivity contribution in [3.05, 3.63) is 102 Å². The number of rotatable bonds is 31. The molecule has 0 saturated carbocycles.